The number of H-pyrrole nitrogens is 1. The Kier molecular flexibility index (Phi) is 3.29. The van der Waals surface area contributed by atoms with Crippen LogP contribution in [0.5, 0.6) is 0 Å². The molecule has 1 amide bonds. The first-order valence-electron chi connectivity index (χ1n) is 6.31. The number of nitrogens with one attached hydrogen (secondary N) is 1. The van der Waals surface area contributed by atoms with Crippen molar-refractivity contribution in [1.29, 1.82) is 0 Å². The number of hydrogen-bond donors (Lipinski definition) is 1. The van der Waals surface area contributed by atoms with E-state index in [1.54, 1.807) is 12.4 Å². The summed E-state index contributed by atoms with van der Waals surface area (Å²) in [6.07, 6.45) is 3.49. The van der Waals surface area contributed by atoms with E-state index in [0.29, 0.717) is 31.9 Å². The highest BCUT2D eigenvalue weighted by atomic mass is 16.5. The van der Waals surface area contributed by atoms with Crippen molar-refractivity contribution in [2.24, 2.45) is 0 Å². The molecule has 1 N–H and O–H groups in total. The van der Waals surface area contributed by atoms with Crippen molar-refractivity contribution in [2.45, 2.75) is 0 Å². The SMILES string of the molecule is O=C(c1ccc(-c2ncc[nH]2)cc1)N1CCOCC1. The number of aromatic amines is 1. The smallest absolute Gasteiger partial charge is 0.254 e. The van der Waals surface area contributed by atoms with Crippen molar-refractivity contribution >= 4 is 5.91 Å². The van der Waals surface area contributed by atoms with Gasteiger partial charge in [-0.15, -0.1) is 0 Å². The third kappa shape index (κ3) is 2.51. The Morgan fingerprint density at radius 2 is 1.95 bits per heavy atom. The van der Waals surface area contributed by atoms with Gasteiger partial charge in [0.15, 0.2) is 0 Å². The fourth-order valence-corrected chi connectivity index (χ4v) is 2.14. The van der Waals surface area contributed by atoms with E-state index >= 15 is 0 Å². The van der Waals surface area contributed by atoms with E-state index < -0.39 is 0 Å². The highest BCUT2D eigenvalue weighted by Crippen LogP contribution is 2.16. The van der Waals surface area contributed by atoms with Gasteiger partial charge in [-0.3, -0.25) is 4.79 Å². The number of hydrogen-bond acceptors (Lipinski definition) is 3. The minimum Gasteiger partial charge on any atom is -0.378 e. The highest BCUT2D eigenvalue weighted by Gasteiger charge is 2.18. The van der Waals surface area contributed by atoms with E-state index in [1.165, 1.54) is 0 Å². The number of morpholine rings is 1. The van der Waals surface area contributed by atoms with Gasteiger partial charge in [-0.25, -0.2) is 4.98 Å². The molecule has 1 fully saturated rings. The Hall–Kier alpha value is -2.14. The van der Waals surface area contributed by atoms with Gasteiger partial charge < -0.3 is 14.6 Å². The zero-order chi connectivity index (χ0) is 13.1. The molecule has 5 heteroatoms. The van der Waals surface area contributed by atoms with Crippen molar-refractivity contribution in [2.75, 3.05) is 26.3 Å². The third-order valence-corrected chi connectivity index (χ3v) is 3.20. The number of carbonyl (C=O) groups excluding carboxylic acids is 1. The molecule has 0 spiro atoms. The summed E-state index contributed by atoms with van der Waals surface area (Å²) >= 11 is 0. The molecule has 2 aromatic rings. The van der Waals surface area contributed by atoms with Crippen LogP contribution in [0.1, 0.15) is 10.4 Å². The van der Waals surface area contributed by atoms with E-state index in [-0.39, 0.29) is 5.91 Å². The Balaban J connectivity index is 1.76. The zero-order valence-corrected chi connectivity index (χ0v) is 10.5. The second kappa shape index (κ2) is 5.24. The van der Waals surface area contributed by atoms with Crippen LogP contribution in [0.4, 0.5) is 0 Å². The third-order valence-electron chi connectivity index (χ3n) is 3.20. The Morgan fingerprint density at radius 1 is 1.21 bits per heavy atom. The van der Waals surface area contributed by atoms with Gasteiger partial charge in [0.05, 0.1) is 13.2 Å². The molecule has 1 aromatic heterocycles. The number of aromatic nitrogens is 2. The molecule has 1 aliphatic rings. The standard InChI is InChI=1S/C14H15N3O2/c18-14(17-7-9-19-10-8-17)12-3-1-11(2-4-12)13-15-5-6-16-13/h1-6H,7-10H2,(H,15,16). The fourth-order valence-electron chi connectivity index (χ4n) is 2.14. The van der Waals surface area contributed by atoms with Crippen molar-refractivity contribution in [3.05, 3.63) is 42.2 Å². The molecule has 19 heavy (non-hydrogen) atoms. The molecule has 0 radical (unpaired) electrons. The molecule has 0 saturated carbocycles. The second-order valence-corrected chi connectivity index (χ2v) is 4.42. The topological polar surface area (TPSA) is 58.2 Å². The summed E-state index contributed by atoms with van der Waals surface area (Å²) in [5, 5.41) is 0. The number of benzene rings is 1. The van der Waals surface area contributed by atoms with Crippen molar-refractivity contribution in [3.8, 4) is 11.4 Å². The van der Waals surface area contributed by atoms with Crippen LogP contribution in [0.15, 0.2) is 36.7 Å². The van der Waals surface area contributed by atoms with Gasteiger partial charge in [-0.1, -0.05) is 12.1 Å². The number of amides is 1. The number of rotatable bonds is 2. The lowest BCUT2D eigenvalue weighted by atomic mass is 10.1. The Labute approximate surface area is 111 Å². The maximum atomic E-state index is 12.2. The summed E-state index contributed by atoms with van der Waals surface area (Å²) in [6.45, 7) is 2.57. The molecular weight excluding hydrogens is 242 g/mol. The second-order valence-electron chi connectivity index (χ2n) is 4.42. The molecule has 2 heterocycles. The van der Waals surface area contributed by atoms with Crippen LogP contribution in [-0.4, -0.2) is 47.1 Å². The quantitative estimate of drug-likeness (QED) is 0.888. The largest absolute Gasteiger partial charge is 0.378 e. The minimum atomic E-state index is 0.0642. The number of carbonyl (C=O) groups is 1. The predicted molar refractivity (Wildman–Crippen MR) is 70.7 cm³/mol. The first kappa shape index (κ1) is 11.9. The molecule has 0 unspecified atom stereocenters. The Morgan fingerprint density at radius 3 is 2.58 bits per heavy atom. The monoisotopic (exact) mass is 257 g/mol. The molecule has 1 aromatic carbocycles. The first-order chi connectivity index (χ1) is 9.34. The average Bonchev–Trinajstić information content (AvgIpc) is 3.02. The lowest BCUT2D eigenvalue weighted by molar-refractivity contribution is 0.0303. The minimum absolute atomic E-state index is 0.0642. The van der Waals surface area contributed by atoms with E-state index in [4.69, 9.17) is 4.74 Å². The normalized spacial score (nSPS) is 15.5. The Bertz CT molecular complexity index is 543. The van der Waals surface area contributed by atoms with Crippen LogP contribution in [0, 0.1) is 0 Å². The maximum absolute atomic E-state index is 12.2. The average molecular weight is 257 g/mol. The van der Waals surface area contributed by atoms with Crippen LogP contribution in [0.3, 0.4) is 0 Å². The summed E-state index contributed by atoms with van der Waals surface area (Å²) in [4.78, 5) is 21.3. The fraction of sp³-hybridized carbons (Fsp3) is 0.286. The summed E-state index contributed by atoms with van der Waals surface area (Å²) in [5.41, 5.74) is 1.68. The lowest BCUT2D eigenvalue weighted by Crippen LogP contribution is -2.40. The molecule has 3 rings (SSSR count). The van der Waals surface area contributed by atoms with Crippen LogP contribution in [0.2, 0.25) is 0 Å². The highest BCUT2D eigenvalue weighted by molar-refractivity contribution is 5.94. The van der Waals surface area contributed by atoms with Gasteiger partial charge in [-0.2, -0.15) is 0 Å². The van der Waals surface area contributed by atoms with Crippen molar-refractivity contribution in [3.63, 3.8) is 0 Å². The molecule has 1 saturated heterocycles. The molecular formula is C14H15N3O2. The number of imidazole rings is 1. The van der Waals surface area contributed by atoms with Gasteiger partial charge >= 0.3 is 0 Å². The molecule has 5 nitrogen and oxygen atoms in total. The summed E-state index contributed by atoms with van der Waals surface area (Å²) in [7, 11) is 0. The molecule has 1 aliphatic heterocycles. The predicted octanol–water partition coefficient (Wildman–Crippen LogP) is 1.55. The van der Waals surface area contributed by atoms with Crippen molar-refractivity contribution in [1.82, 2.24) is 14.9 Å². The van der Waals surface area contributed by atoms with E-state index in [1.807, 2.05) is 29.2 Å². The van der Waals surface area contributed by atoms with Crippen LogP contribution >= 0.6 is 0 Å². The van der Waals surface area contributed by atoms with Crippen LogP contribution in [-0.2, 0) is 4.74 Å². The molecule has 0 bridgehead atoms. The van der Waals surface area contributed by atoms with Crippen LogP contribution < -0.4 is 0 Å². The lowest BCUT2D eigenvalue weighted by Gasteiger charge is -2.26. The molecule has 98 valence electrons. The summed E-state index contributed by atoms with van der Waals surface area (Å²) < 4.78 is 5.25. The van der Waals surface area contributed by atoms with Gasteiger partial charge in [0.1, 0.15) is 5.82 Å². The number of ether oxygens (including phenoxy) is 1. The maximum Gasteiger partial charge on any atom is 0.254 e. The molecule has 0 atom stereocenters. The zero-order valence-electron chi connectivity index (χ0n) is 10.5. The van der Waals surface area contributed by atoms with E-state index in [0.717, 1.165) is 11.4 Å². The van der Waals surface area contributed by atoms with E-state index in [2.05, 4.69) is 9.97 Å². The van der Waals surface area contributed by atoms with Gasteiger partial charge in [0, 0.05) is 36.6 Å². The molecule has 0 aliphatic carbocycles. The summed E-state index contributed by atoms with van der Waals surface area (Å²) in [6, 6.07) is 7.50. The van der Waals surface area contributed by atoms with E-state index in [9.17, 15) is 4.79 Å². The van der Waals surface area contributed by atoms with Gasteiger partial charge in [0.25, 0.3) is 5.91 Å². The van der Waals surface area contributed by atoms with Crippen LogP contribution in [0.25, 0.3) is 11.4 Å². The number of nitrogens with zero attached hydrogens (tertiary/aromatic N) is 2. The van der Waals surface area contributed by atoms with Crippen molar-refractivity contribution < 1.29 is 9.53 Å². The first-order valence-corrected chi connectivity index (χ1v) is 6.31. The van der Waals surface area contributed by atoms with Gasteiger partial charge in [-0.05, 0) is 12.1 Å². The summed E-state index contributed by atoms with van der Waals surface area (Å²) in [5.74, 6) is 0.875. The van der Waals surface area contributed by atoms with Gasteiger partial charge in [0.2, 0.25) is 0 Å².